The number of aliphatic hydroxyl groups excluding tert-OH is 1. The number of ether oxygens (including phenoxy) is 2. The molecule has 4 nitrogen and oxygen atoms in total. The lowest BCUT2D eigenvalue weighted by atomic mass is 10.1. The molecule has 0 aromatic heterocycles. The van der Waals surface area contributed by atoms with Crippen LogP contribution >= 0.6 is 0 Å². The Labute approximate surface area is 107 Å². The van der Waals surface area contributed by atoms with Gasteiger partial charge in [-0.05, 0) is 31.0 Å². The molecule has 1 N–H and O–H groups in total. The molecule has 1 aromatic rings. The number of hydrogen-bond acceptors (Lipinski definition) is 4. The molecule has 4 heteroatoms. The van der Waals surface area contributed by atoms with Crippen molar-refractivity contribution >= 4 is 5.97 Å². The average Bonchev–Trinajstić information content (AvgIpc) is 2.38. The fourth-order valence-corrected chi connectivity index (χ4v) is 1.34. The fourth-order valence-electron chi connectivity index (χ4n) is 1.34. The fraction of sp³-hybridized carbons (Fsp3) is 0.357. The monoisotopic (exact) mass is 250 g/mol. The molecule has 0 bridgehead atoms. The van der Waals surface area contributed by atoms with Gasteiger partial charge in [0.2, 0.25) is 0 Å². The number of benzene rings is 1. The minimum absolute atomic E-state index is 0.109. The van der Waals surface area contributed by atoms with Crippen LogP contribution in [0, 0.1) is 0 Å². The normalized spacial score (nSPS) is 9.89. The van der Waals surface area contributed by atoms with Gasteiger partial charge in [-0.25, -0.2) is 4.79 Å². The highest BCUT2D eigenvalue weighted by molar-refractivity contribution is 5.88. The first-order chi connectivity index (χ1) is 8.67. The van der Waals surface area contributed by atoms with Gasteiger partial charge in [0, 0.05) is 6.61 Å². The van der Waals surface area contributed by atoms with Gasteiger partial charge in [-0.3, -0.25) is 0 Å². The Morgan fingerprint density at radius 3 is 2.56 bits per heavy atom. The molecule has 0 aliphatic carbocycles. The van der Waals surface area contributed by atoms with Gasteiger partial charge in [0.05, 0.1) is 12.2 Å². The number of esters is 1. The van der Waals surface area contributed by atoms with Gasteiger partial charge in [-0.2, -0.15) is 0 Å². The molecule has 1 rings (SSSR count). The summed E-state index contributed by atoms with van der Waals surface area (Å²) in [4.78, 5) is 11.3. The summed E-state index contributed by atoms with van der Waals surface area (Å²) in [6.07, 6.45) is 0.621. The second-order valence-electron chi connectivity index (χ2n) is 3.73. The van der Waals surface area contributed by atoms with Crippen molar-refractivity contribution in [3.63, 3.8) is 0 Å². The molecule has 0 heterocycles. The average molecular weight is 250 g/mol. The van der Waals surface area contributed by atoms with E-state index in [9.17, 15) is 4.79 Å². The highest BCUT2D eigenvalue weighted by atomic mass is 16.5. The van der Waals surface area contributed by atoms with Crippen molar-refractivity contribution in [3.8, 4) is 5.75 Å². The van der Waals surface area contributed by atoms with Crippen LogP contribution in [0.1, 0.15) is 12.5 Å². The molecule has 98 valence electrons. The van der Waals surface area contributed by atoms with Crippen LogP contribution < -0.4 is 4.74 Å². The molecule has 18 heavy (non-hydrogen) atoms. The third-order valence-corrected chi connectivity index (χ3v) is 2.30. The van der Waals surface area contributed by atoms with E-state index >= 15 is 0 Å². The summed E-state index contributed by atoms with van der Waals surface area (Å²) in [7, 11) is 0. The third-order valence-electron chi connectivity index (χ3n) is 2.30. The standard InChI is InChI=1S/C14H18O4/c1-3-17-14(16)11(2)10-18-13-6-4-12(5-7-13)8-9-15/h4-7,15H,2-3,8-10H2,1H3. The van der Waals surface area contributed by atoms with E-state index in [0.29, 0.717) is 18.8 Å². The molecule has 0 radical (unpaired) electrons. The minimum atomic E-state index is -0.436. The Bertz CT molecular complexity index is 395. The molecule has 0 saturated heterocycles. The van der Waals surface area contributed by atoms with Gasteiger partial charge >= 0.3 is 5.97 Å². The second kappa shape index (κ2) is 7.50. The summed E-state index contributed by atoms with van der Waals surface area (Å²) < 4.78 is 10.2. The van der Waals surface area contributed by atoms with Crippen LogP contribution in [0.15, 0.2) is 36.4 Å². The molecule has 0 unspecified atom stereocenters. The summed E-state index contributed by atoms with van der Waals surface area (Å²) in [5, 5.41) is 8.78. The summed E-state index contributed by atoms with van der Waals surface area (Å²) in [5.74, 6) is 0.219. The smallest absolute Gasteiger partial charge is 0.336 e. The third kappa shape index (κ3) is 4.59. The van der Waals surface area contributed by atoms with Gasteiger partial charge in [0.15, 0.2) is 0 Å². The van der Waals surface area contributed by atoms with E-state index in [1.807, 2.05) is 12.1 Å². The zero-order valence-corrected chi connectivity index (χ0v) is 10.5. The van der Waals surface area contributed by atoms with Gasteiger partial charge in [-0.1, -0.05) is 18.7 Å². The molecule has 0 aliphatic rings. The maximum atomic E-state index is 11.3. The van der Waals surface area contributed by atoms with Crippen LogP contribution in [0.5, 0.6) is 5.75 Å². The molecular weight excluding hydrogens is 232 g/mol. The van der Waals surface area contributed by atoms with Crippen molar-refractivity contribution in [1.82, 2.24) is 0 Å². The maximum absolute atomic E-state index is 11.3. The van der Waals surface area contributed by atoms with Gasteiger partial charge in [-0.15, -0.1) is 0 Å². The molecule has 0 fully saturated rings. The Morgan fingerprint density at radius 1 is 1.33 bits per heavy atom. The van der Waals surface area contributed by atoms with Crippen molar-refractivity contribution in [2.24, 2.45) is 0 Å². The first kappa shape index (κ1) is 14.3. The minimum Gasteiger partial charge on any atom is -0.489 e. The number of hydrogen-bond donors (Lipinski definition) is 1. The van der Waals surface area contributed by atoms with Crippen LogP contribution in [-0.4, -0.2) is 30.9 Å². The van der Waals surface area contributed by atoms with Gasteiger partial charge in [0.1, 0.15) is 12.4 Å². The SMILES string of the molecule is C=C(COc1ccc(CCO)cc1)C(=O)OCC. The zero-order chi connectivity index (χ0) is 13.4. The Morgan fingerprint density at radius 2 is 2.00 bits per heavy atom. The van der Waals surface area contributed by atoms with Crippen LogP contribution in [0.4, 0.5) is 0 Å². The summed E-state index contributed by atoms with van der Waals surface area (Å²) in [5.41, 5.74) is 1.32. The zero-order valence-electron chi connectivity index (χ0n) is 10.5. The van der Waals surface area contributed by atoms with E-state index in [4.69, 9.17) is 14.6 Å². The van der Waals surface area contributed by atoms with E-state index in [2.05, 4.69) is 6.58 Å². The Balaban J connectivity index is 2.43. The molecule has 1 aromatic carbocycles. The molecule has 0 saturated carbocycles. The van der Waals surface area contributed by atoms with E-state index in [1.165, 1.54) is 0 Å². The Kier molecular flexibility index (Phi) is 5.94. The van der Waals surface area contributed by atoms with E-state index in [1.54, 1.807) is 19.1 Å². The lowest BCUT2D eigenvalue weighted by Crippen LogP contribution is -2.13. The van der Waals surface area contributed by atoms with Crippen LogP contribution in [0.3, 0.4) is 0 Å². The highest BCUT2D eigenvalue weighted by Crippen LogP contribution is 2.13. The summed E-state index contributed by atoms with van der Waals surface area (Å²) in [6, 6.07) is 7.34. The lowest BCUT2D eigenvalue weighted by Gasteiger charge is -2.08. The van der Waals surface area contributed by atoms with Gasteiger partial charge in [0.25, 0.3) is 0 Å². The van der Waals surface area contributed by atoms with Gasteiger partial charge < -0.3 is 14.6 Å². The van der Waals surface area contributed by atoms with Crippen LogP contribution in [0.25, 0.3) is 0 Å². The predicted octanol–water partition coefficient (Wildman–Crippen LogP) is 1.72. The molecule has 0 aliphatic heterocycles. The first-order valence-corrected chi connectivity index (χ1v) is 5.85. The van der Waals surface area contributed by atoms with Crippen molar-refractivity contribution in [1.29, 1.82) is 0 Å². The maximum Gasteiger partial charge on any atom is 0.336 e. The number of carbonyl (C=O) groups is 1. The van der Waals surface area contributed by atoms with Crippen molar-refractivity contribution in [2.75, 3.05) is 19.8 Å². The Hall–Kier alpha value is -1.81. The number of carbonyl (C=O) groups excluding carboxylic acids is 1. The van der Waals surface area contributed by atoms with E-state index in [0.717, 1.165) is 5.56 Å². The molecular formula is C14H18O4. The van der Waals surface area contributed by atoms with Crippen molar-refractivity contribution < 1.29 is 19.4 Å². The molecule has 0 atom stereocenters. The molecule has 0 amide bonds. The molecule has 0 spiro atoms. The topological polar surface area (TPSA) is 55.8 Å². The van der Waals surface area contributed by atoms with E-state index in [-0.39, 0.29) is 18.8 Å². The summed E-state index contributed by atoms with van der Waals surface area (Å²) >= 11 is 0. The largest absolute Gasteiger partial charge is 0.489 e. The quantitative estimate of drug-likeness (QED) is 0.591. The van der Waals surface area contributed by atoms with Crippen LogP contribution in [-0.2, 0) is 16.0 Å². The number of rotatable bonds is 7. The van der Waals surface area contributed by atoms with Crippen molar-refractivity contribution in [2.45, 2.75) is 13.3 Å². The van der Waals surface area contributed by atoms with Crippen LogP contribution in [0.2, 0.25) is 0 Å². The lowest BCUT2D eigenvalue weighted by molar-refractivity contribution is -0.138. The van der Waals surface area contributed by atoms with Crippen molar-refractivity contribution in [3.05, 3.63) is 42.0 Å². The predicted molar refractivity (Wildman–Crippen MR) is 68.5 cm³/mol. The highest BCUT2D eigenvalue weighted by Gasteiger charge is 2.08. The second-order valence-corrected chi connectivity index (χ2v) is 3.73. The first-order valence-electron chi connectivity index (χ1n) is 5.85. The van der Waals surface area contributed by atoms with E-state index < -0.39 is 5.97 Å². The number of aliphatic hydroxyl groups is 1. The summed E-state index contributed by atoms with van der Waals surface area (Å²) in [6.45, 7) is 5.91.